The van der Waals surface area contributed by atoms with Crippen molar-refractivity contribution >= 4 is 0 Å². The second kappa shape index (κ2) is 8.45. The maximum atomic E-state index is 8.56. The number of aliphatic hydroxyl groups is 2. The number of rotatable bonds is 2. The van der Waals surface area contributed by atoms with Crippen LogP contribution in [0.4, 0.5) is 0 Å². The van der Waals surface area contributed by atoms with E-state index in [1.54, 1.807) is 18.2 Å². The van der Waals surface area contributed by atoms with Gasteiger partial charge in [0.15, 0.2) is 0 Å². The van der Waals surface area contributed by atoms with Crippen molar-refractivity contribution in [3.63, 3.8) is 0 Å². The number of hydrogen-bond acceptors (Lipinski definition) is 2. The first kappa shape index (κ1) is 14.1. The maximum absolute atomic E-state index is 8.56. The molecule has 0 radical (unpaired) electrons. The number of hydrogen-bond donors (Lipinski definition) is 2. The summed E-state index contributed by atoms with van der Waals surface area (Å²) in [5, 5.41) is 17.1. The summed E-state index contributed by atoms with van der Waals surface area (Å²) in [7, 11) is 0. The standard InChI is InChI=1S/C7H9O2.C5H5.Fe/c8-4-6-1-2-7(3-6)5-9;1-2-4-5-3-1;/h1-3,8-9H,4-5H2;1-5H;/q2*-1;+2. The van der Waals surface area contributed by atoms with Crippen LogP contribution in [0.3, 0.4) is 0 Å². The largest absolute Gasteiger partial charge is 2.00 e. The third kappa shape index (κ3) is 5.55. The van der Waals surface area contributed by atoms with E-state index in [0.29, 0.717) is 0 Å². The molecule has 2 rings (SSSR count). The molecule has 2 N–H and O–H groups in total. The van der Waals surface area contributed by atoms with Crippen LogP contribution in [0.2, 0.25) is 0 Å². The van der Waals surface area contributed by atoms with E-state index in [9.17, 15) is 0 Å². The van der Waals surface area contributed by atoms with Crippen LogP contribution >= 0.6 is 0 Å². The molecule has 0 amide bonds. The van der Waals surface area contributed by atoms with E-state index in [-0.39, 0.29) is 30.3 Å². The molecular formula is C12H14FeO2. The monoisotopic (exact) mass is 246 g/mol. The van der Waals surface area contributed by atoms with Gasteiger partial charge >= 0.3 is 17.1 Å². The van der Waals surface area contributed by atoms with E-state index in [0.717, 1.165) is 11.1 Å². The average Bonchev–Trinajstić information content (AvgIpc) is 2.92. The van der Waals surface area contributed by atoms with Gasteiger partial charge in [0.2, 0.25) is 0 Å². The molecule has 3 heteroatoms. The molecule has 0 aliphatic rings. The van der Waals surface area contributed by atoms with Crippen LogP contribution in [-0.2, 0) is 30.3 Å². The fourth-order valence-electron chi connectivity index (χ4n) is 1.07. The number of aliphatic hydroxyl groups excluding tert-OH is 2. The molecule has 0 saturated heterocycles. The Hall–Kier alpha value is -0.861. The Balaban J connectivity index is 0.000000280. The fourth-order valence-corrected chi connectivity index (χ4v) is 1.07. The van der Waals surface area contributed by atoms with Gasteiger partial charge in [0, 0.05) is 13.2 Å². The van der Waals surface area contributed by atoms with Crippen molar-refractivity contribution in [3.05, 3.63) is 59.7 Å². The van der Waals surface area contributed by atoms with Crippen molar-refractivity contribution in [2.75, 3.05) is 0 Å². The summed E-state index contributed by atoms with van der Waals surface area (Å²) < 4.78 is 0. The Bertz CT molecular complexity index is 289. The Labute approximate surface area is 100 Å². The summed E-state index contributed by atoms with van der Waals surface area (Å²) >= 11 is 0. The third-order valence-corrected chi connectivity index (χ3v) is 1.80. The van der Waals surface area contributed by atoms with Gasteiger partial charge in [0.05, 0.1) is 0 Å². The van der Waals surface area contributed by atoms with Gasteiger partial charge in [-0.05, 0) is 0 Å². The molecule has 82 valence electrons. The van der Waals surface area contributed by atoms with E-state index in [1.165, 1.54) is 0 Å². The molecule has 2 nitrogen and oxygen atoms in total. The van der Waals surface area contributed by atoms with Crippen molar-refractivity contribution in [3.8, 4) is 0 Å². The zero-order valence-corrected chi connectivity index (χ0v) is 9.39. The maximum Gasteiger partial charge on any atom is 2.00 e. The van der Waals surface area contributed by atoms with E-state index >= 15 is 0 Å². The zero-order chi connectivity index (χ0) is 10.2. The van der Waals surface area contributed by atoms with Crippen LogP contribution in [0.15, 0.2) is 48.5 Å². The Morgan fingerprint density at radius 1 is 1.20 bits per heavy atom. The first-order chi connectivity index (χ1) is 6.86. The minimum Gasteiger partial charge on any atom is -0.405 e. The molecule has 0 saturated carbocycles. The van der Waals surface area contributed by atoms with Gasteiger partial charge in [0.1, 0.15) is 0 Å². The van der Waals surface area contributed by atoms with Crippen molar-refractivity contribution in [1.29, 1.82) is 0 Å². The molecule has 0 fully saturated rings. The zero-order valence-electron chi connectivity index (χ0n) is 8.28. The van der Waals surface area contributed by atoms with Gasteiger partial charge in [-0.1, -0.05) is 0 Å². The fraction of sp³-hybridized carbons (Fsp3) is 0.167. The van der Waals surface area contributed by atoms with Gasteiger partial charge < -0.3 is 10.2 Å². The van der Waals surface area contributed by atoms with Crippen LogP contribution in [0.5, 0.6) is 0 Å². The molecule has 0 unspecified atom stereocenters. The van der Waals surface area contributed by atoms with Crippen molar-refractivity contribution in [2.24, 2.45) is 0 Å². The van der Waals surface area contributed by atoms with Crippen LogP contribution in [0.1, 0.15) is 11.1 Å². The second-order valence-electron chi connectivity index (χ2n) is 2.91. The van der Waals surface area contributed by atoms with Crippen LogP contribution < -0.4 is 0 Å². The summed E-state index contributed by atoms with van der Waals surface area (Å²) in [4.78, 5) is 0. The molecule has 0 spiro atoms. The summed E-state index contributed by atoms with van der Waals surface area (Å²) in [5.41, 5.74) is 1.72. The minimum atomic E-state index is 0. The molecule has 0 heterocycles. The van der Waals surface area contributed by atoms with E-state index in [4.69, 9.17) is 10.2 Å². The average molecular weight is 246 g/mol. The van der Waals surface area contributed by atoms with Crippen molar-refractivity contribution in [1.82, 2.24) is 0 Å². The van der Waals surface area contributed by atoms with Crippen LogP contribution in [-0.4, -0.2) is 10.2 Å². The summed E-state index contributed by atoms with van der Waals surface area (Å²) in [6.07, 6.45) is 0. The Morgan fingerprint density at radius 2 is 1.87 bits per heavy atom. The van der Waals surface area contributed by atoms with Crippen LogP contribution in [0, 0.1) is 0 Å². The summed E-state index contributed by atoms with van der Waals surface area (Å²) in [6, 6.07) is 15.4. The van der Waals surface area contributed by atoms with Crippen molar-refractivity contribution in [2.45, 2.75) is 13.2 Å². The first-order valence-electron chi connectivity index (χ1n) is 4.49. The Morgan fingerprint density at radius 3 is 2.13 bits per heavy atom. The molecule has 15 heavy (non-hydrogen) atoms. The Kier molecular flexibility index (Phi) is 7.96. The summed E-state index contributed by atoms with van der Waals surface area (Å²) in [5.74, 6) is 0. The molecule has 0 atom stereocenters. The molecule has 0 aliphatic heterocycles. The van der Waals surface area contributed by atoms with Gasteiger partial charge in [-0.3, -0.25) is 0 Å². The second-order valence-corrected chi connectivity index (χ2v) is 2.91. The minimum absolute atomic E-state index is 0. The molecule has 0 bridgehead atoms. The predicted molar refractivity (Wildman–Crippen MR) is 55.9 cm³/mol. The smallest absolute Gasteiger partial charge is 0.405 e. The first-order valence-corrected chi connectivity index (χ1v) is 4.49. The van der Waals surface area contributed by atoms with Gasteiger partial charge in [0.25, 0.3) is 0 Å². The topological polar surface area (TPSA) is 40.5 Å². The van der Waals surface area contributed by atoms with E-state index < -0.39 is 0 Å². The van der Waals surface area contributed by atoms with E-state index in [2.05, 4.69) is 0 Å². The molecule has 0 aliphatic carbocycles. The van der Waals surface area contributed by atoms with E-state index in [1.807, 2.05) is 30.3 Å². The molecule has 2 aromatic carbocycles. The third-order valence-electron chi connectivity index (χ3n) is 1.80. The molecule has 0 aromatic heterocycles. The van der Waals surface area contributed by atoms with Gasteiger partial charge in [-0.2, -0.15) is 35.9 Å². The van der Waals surface area contributed by atoms with Crippen LogP contribution in [0.25, 0.3) is 0 Å². The SMILES string of the molecule is OCc1cc[c-](CO)c1.[Fe+2].c1cc[cH-]c1. The molecule has 2 aromatic rings. The van der Waals surface area contributed by atoms with Gasteiger partial charge in [-0.25, -0.2) is 18.2 Å². The quantitative estimate of drug-likeness (QED) is 0.626. The summed E-state index contributed by atoms with van der Waals surface area (Å²) in [6.45, 7) is 0.111. The normalized spacial score (nSPS) is 8.67. The predicted octanol–water partition coefficient (Wildman–Crippen LogP) is 1.79. The van der Waals surface area contributed by atoms with Gasteiger partial charge in [-0.15, -0.1) is 5.56 Å². The van der Waals surface area contributed by atoms with Crippen molar-refractivity contribution < 1.29 is 27.3 Å². The molecular weight excluding hydrogens is 232 g/mol.